The molecule has 16 nitrogen and oxygen atoms in total. The number of phenols is 1. The number of nitrogens with zero attached hydrogens (tertiary/aromatic N) is 3. The second kappa shape index (κ2) is 9.84. The summed E-state index contributed by atoms with van der Waals surface area (Å²) in [7, 11) is -3.95. The highest BCUT2D eigenvalue weighted by atomic mass is 32.2. The average Bonchev–Trinajstić information content (AvgIpc) is 3.38. The summed E-state index contributed by atoms with van der Waals surface area (Å²) in [4.78, 5) is 77.5. The zero-order valence-corrected chi connectivity index (χ0v) is 23.0. The van der Waals surface area contributed by atoms with E-state index in [4.69, 9.17) is 0 Å². The molecule has 3 aliphatic heterocycles. The predicted molar refractivity (Wildman–Crippen MR) is 137 cm³/mol. The average molecular weight is 599 g/mol. The molecule has 0 aromatic heterocycles. The molecular weight excluding hydrogens is 572 g/mol. The fourth-order valence-electron chi connectivity index (χ4n) is 4.88. The van der Waals surface area contributed by atoms with Crippen molar-refractivity contribution < 1.29 is 47.4 Å². The monoisotopic (exact) mass is 598 g/mol. The van der Waals surface area contributed by atoms with Crippen molar-refractivity contribution in [1.29, 1.82) is 0 Å². The molecule has 0 saturated carbocycles. The lowest BCUT2D eigenvalue weighted by Crippen LogP contribution is -2.85. The SMILES string of the molecule is CC1(C)S[C@H]2N(C(=O)[C@@]2(NC=O)NC(=O)C(NC(=O)N2CCN(S(C)(=O)=O)C2=O)c2ccc(O)cc2)[C@H]1C(=O)O. The Morgan fingerprint density at radius 1 is 1.15 bits per heavy atom. The van der Waals surface area contributed by atoms with Crippen molar-refractivity contribution in [1.82, 2.24) is 30.1 Å². The summed E-state index contributed by atoms with van der Waals surface area (Å²) in [5, 5.41) is 25.4. The molecule has 5 N–H and O–H groups in total. The van der Waals surface area contributed by atoms with Gasteiger partial charge in [-0.3, -0.25) is 14.4 Å². The number of urea groups is 2. The number of aromatic hydroxyl groups is 1. The maximum atomic E-state index is 13.6. The van der Waals surface area contributed by atoms with Crippen LogP contribution in [0, 0.1) is 0 Å². The van der Waals surface area contributed by atoms with E-state index in [2.05, 4.69) is 16.0 Å². The molecule has 1 unspecified atom stereocenters. The second-order valence-electron chi connectivity index (χ2n) is 9.83. The van der Waals surface area contributed by atoms with Gasteiger partial charge in [-0.1, -0.05) is 12.1 Å². The number of hydrogen-bond acceptors (Lipinski definition) is 10. The highest BCUT2D eigenvalue weighted by molar-refractivity contribution is 8.01. The number of fused-ring (bicyclic) bond motifs is 1. The summed E-state index contributed by atoms with van der Waals surface area (Å²) in [5.74, 6) is -3.35. The van der Waals surface area contributed by atoms with Gasteiger partial charge in [-0.2, -0.15) is 0 Å². The Morgan fingerprint density at radius 2 is 1.77 bits per heavy atom. The van der Waals surface area contributed by atoms with Crippen LogP contribution in [0.25, 0.3) is 0 Å². The fourth-order valence-corrected chi connectivity index (χ4v) is 7.33. The van der Waals surface area contributed by atoms with Crippen LogP contribution in [0.2, 0.25) is 0 Å². The van der Waals surface area contributed by atoms with Crippen LogP contribution >= 0.6 is 11.8 Å². The van der Waals surface area contributed by atoms with E-state index in [-0.39, 0.29) is 30.8 Å². The zero-order valence-electron chi connectivity index (χ0n) is 21.4. The largest absolute Gasteiger partial charge is 0.508 e. The molecule has 4 atom stereocenters. The van der Waals surface area contributed by atoms with Gasteiger partial charge in [-0.05, 0) is 31.5 Å². The Hall–Kier alpha value is -4.06. The Bertz CT molecular complexity index is 1400. The minimum absolute atomic E-state index is 0.1000. The molecular formula is C22H26N6O10S2. The fraction of sp³-hybridized carbons (Fsp3) is 0.455. The zero-order chi connectivity index (χ0) is 29.8. The van der Waals surface area contributed by atoms with Crippen LogP contribution in [0.3, 0.4) is 0 Å². The first kappa shape index (κ1) is 28.9. The number of benzene rings is 1. The Morgan fingerprint density at radius 3 is 2.30 bits per heavy atom. The molecule has 0 spiro atoms. The van der Waals surface area contributed by atoms with E-state index in [0.717, 1.165) is 22.9 Å². The Balaban J connectivity index is 1.63. The molecule has 4 rings (SSSR count). The van der Waals surface area contributed by atoms with Gasteiger partial charge in [-0.25, -0.2) is 32.0 Å². The molecule has 1 aromatic rings. The number of carboxylic acid groups (broad SMARTS) is 1. The third-order valence-electron chi connectivity index (χ3n) is 6.76. The first-order valence-corrected chi connectivity index (χ1v) is 14.4. The summed E-state index contributed by atoms with van der Waals surface area (Å²) in [6.45, 7) is 2.61. The molecule has 0 aliphatic carbocycles. The highest BCUT2D eigenvalue weighted by Crippen LogP contribution is 2.54. The molecule has 3 saturated heterocycles. The van der Waals surface area contributed by atoms with Gasteiger partial charge in [0, 0.05) is 4.75 Å². The number of hydrogen-bond donors (Lipinski definition) is 5. The van der Waals surface area contributed by atoms with E-state index < -0.39 is 67.7 Å². The second-order valence-corrected chi connectivity index (χ2v) is 13.5. The number of thioether (sulfide) groups is 1. The summed E-state index contributed by atoms with van der Waals surface area (Å²) in [6, 6.07) is -0.0830. The number of rotatable bonds is 8. The lowest BCUT2D eigenvalue weighted by atomic mass is 9.91. The van der Waals surface area contributed by atoms with Crippen molar-refractivity contribution in [2.24, 2.45) is 0 Å². The highest BCUT2D eigenvalue weighted by Gasteiger charge is 2.72. The normalized spacial score (nSPS) is 26.0. The first-order valence-electron chi connectivity index (χ1n) is 11.7. The summed E-state index contributed by atoms with van der Waals surface area (Å²) in [5.41, 5.74) is -1.95. The maximum absolute atomic E-state index is 13.6. The third-order valence-corrected chi connectivity index (χ3v) is 9.53. The molecule has 7 amide bonds. The van der Waals surface area contributed by atoms with Crippen LogP contribution in [0.1, 0.15) is 25.5 Å². The van der Waals surface area contributed by atoms with Crippen LogP contribution in [-0.2, 0) is 29.2 Å². The Kier molecular flexibility index (Phi) is 7.12. The quantitative estimate of drug-likeness (QED) is 0.132. The van der Waals surface area contributed by atoms with E-state index in [1.54, 1.807) is 13.8 Å². The molecule has 18 heteroatoms. The summed E-state index contributed by atoms with van der Waals surface area (Å²) < 4.78 is 23.2. The smallest absolute Gasteiger partial charge is 0.341 e. The van der Waals surface area contributed by atoms with Crippen molar-refractivity contribution >= 4 is 58.0 Å². The van der Waals surface area contributed by atoms with Crippen molar-refractivity contribution in [3.8, 4) is 5.75 Å². The van der Waals surface area contributed by atoms with Gasteiger partial charge in [-0.15, -0.1) is 11.8 Å². The molecule has 3 fully saturated rings. The minimum atomic E-state index is -3.95. The van der Waals surface area contributed by atoms with Gasteiger partial charge in [0.05, 0.1) is 19.3 Å². The predicted octanol–water partition coefficient (Wildman–Crippen LogP) is -1.45. The number of β-lactam (4-membered cyclic amide) rings is 1. The van der Waals surface area contributed by atoms with Gasteiger partial charge >= 0.3 is 18.0 Å². The number of imide groups is 1. The molecule has 0 bridgehead atoms. The van der Waals surface area contributed by atoms with Crippen LogP contribution in [0.15, 0.2) is 24.3 Å². The van der Waals surface area contributed by atoms with Gasteiger partial charge < -0.3 is 31.1 Å². The molecule has 216 valence electrons. The summed E-state index contributed by atoms with van der Waals surface area (Å²) >= 11 is 1.05. The van der Waals surface area contributed by atoms with Crippen LogP contribution in [-0.4, -0.2) is 110 Å². The molecule has 3 heterocycles. The number of sulfonamides is 1. The van der Waals surface area contributed by atoms with Crippen molar-refractivity contribution in [2.75, 3.05) is 19.3 Å². The van der Waals surface area contributed by atoms with E-state index in [9.17, 15) is 47.4 Å². The van der Waals surface area contributed by atoms with E-state index in [0.29, 0.717) is 9.21 Å². The minimum Gasteiger partial charge on any atom is -0.508 e. The van der Waals surface area contributed by atoms with E-state index >= 15 is 0 Å². The topological polar surface area (TPSA) is 223 Å². The van der Waals surface area contributed by atoms with Gasteiger partial charge in [0.25, 0.3) is 5.91 Å². The van der Waals surface area contributed by atoms with Crippen LogP contribution < -0.4 is 16.0 Å². The first-order chi connectivity index (χ1) is 18.5. The van der Waals surface area contributed by atoms with Crippen molar-refractivity contribution in [3.05, 3.63) is 29.8 Å². The number of carbonyl (C=O) groups is 6. The van der Waals surface area contributed by atoms with Gasteiger partial charge in [0.2, 0.25) is 28.0 Å². The number of phenolic OH excluding ortho intramolecular Hbond substituents is 1. The summed E-state index contributed by atoms with van der Waals surface area (Å²) in [6.07, 6.45) is 0.975. The van der Waals surface area contributed by atoms with Gasteiger partial charge in [0.1, 0.15) is 23.2 Å². The number of nitrogens with one attached hydrogen (secondary N) is 3. The van der Waals surface area contributed by atoms with E-state index in [1.165, 1.54) is 24.3 Å². The van der Waals surface area contributed by atoms with Crippen molar-refractivity contribution in [3.63, 3.8) is 0 Å². The number of aliphatic carboxylic acids is 1. The standard InChI is InChI=1S/C22H26N6O10S2/c1-21(2)14(16(32)33)28-17(34)22(23-10-29,18(28)39-21)25-15(31)13(11-4-6-12(30)7-5-11)24-19(35)26-8-9-27(20(26)36)40(3,37)38/h4-7,10,13-14,18,30H,8-9H2,1-3H3,(H,23,29)(H,24,35)(H,25,31)(H,32,33)/t13?,14-,18+,22+/m0/s1. The van der Waals surface area contributed by atoms with Gasteiger partial charge in [0.15, 0.2) is 0 Å². The lowest BCUT2D eigenvalue weighted by molar-refractivity contribution is -0.172. The van der Waals surface area contributed by atoms with Crippen molar-refractivity contribution in [2.45, 2.75) is 41.7 Å². The third kappa shape index (κ3) is 4.66. The lowest BCUT2D eigenvalue weighted by Gasteiger charge is -2.52. The number of carboxylic acids is 1. The maximum Gasteiger partial charge on any atom is 0.341 e. The molecule has 0 radical (unpaired) electrons. The van der Waals surface area contributed by atoms with Crippen LogP contribution in [0.5, 0.6) is 5.75 Å². The number of amides is 7. The number of carbonyl (C=O) groups excluding carboxylic acids is 5. The molecule has 1 aromatic carbocycles. The molecule has 40 heavy (non-hydrogen) atoms. The Labute approximate surface area is 232 Å². The van der Waals surface area contributed by atoms with Crippen LogP contribution in [0.4, 0.5) is 9.59 Å². The van der Waals surface area contributed by atoms with E-state index in [1.807, 2.05) is 0 Å². The molecule has 3 aliphatic rings.